The van der Waals surface area contributed by atoms with E-state index in [0.29, 0.717) is 5.69 Å². The van der Waals surface area contributed by atoms with E-state index in [1.165, 1.54) is 0 Å². The van der Waals surface area contributed by atoms with Gasteiger partial charge in [-0.05, 0) is 31.2 Å². The number of methoxy groups -OCH3 is 1. The van der Waals surface area contributed by atoms with Crippen LogP contribution in [-0.2, 0) is 17.5 Å². The molecule has 5 nitrogen and oxygen atoms in total. The van der Waals surface area contributed by atoms with E-state index in [1.54, 1.807) is 25.1 Å². The lowest BCUT2D eigenvalue weighted by Gasteiger charge is -2.13. The molecule has 23 heavy (non-hydrogen) atoms. The van der Waals surface area contributed by atoms with Crippen LogP contribution < -0.4 is 5.32 Å². The summed E-state index contributed by atoms with van der Waals surface area (Å²) in [6.45, 7) is 1.92. The second-order valence-electron chi connectivity index (χ2n) is 4.71. The van der Waals surface area contributed by atoms with E-state index in [1.807, 2.05) is 0 Å². The Morgan fingerprint density at radius 3 is 2.57 bits per heavy atom. The van der Waals surface area contributed by atoms with Crippen LogP contribution in [0.4, 0.5) is 19.0 Å². The van der Waals surface area contributed by atoms with Gasteiger partial charge < -0.3 is 10.1 Å². The Morgan fingerprint density at radius 1 is 1.22 bits per heavy atom. The minimum Gasteiger partial charge on any atom is -0.465 e. The van der Waals surface area contributed by atoms with Crippen molar-refractivity contribution in [2.24, 2.45) is 0 Å². The number of hydrogen-bond donors (Lipinski definition) is 1. The lowest BCUT2D eigenvalue weighted by molar-refractivity contribution is -0.141. The highest BCUT2D eigenvalue weighted by Gasteiger charge is 2.33. The van der Waals surface area contributed by atoms with Gasteiger partial charge in [0.2, 0.25) is 0 Å². The molecule has 0 fully saturated rings. The normalized spacial score (nSPS) is 11.2. The van der Waals surface area contributed by atoms with Gasteiger partial charge in [0.15, 0.2) is 0 Å². The van der Waals surface area contributed by atoms with Crippen molar-refractivity contribution < 1.29 is 22.7 Å². The van der Waals surface area contributed by atoms with Crippen molar-refractivity contribution in [1.82, 2.24) is 9.97 Å². The van der Waals surface area contributed by atoms with Gasteiger partial charge in [-0.25, -0.2) is 9.78 Å². The highest BCUT2D eigenvalue weighted by atomic mass is 19.4. The molecule has 0 saturated carbocycles. The molecule has 0 bridgehead atoms. The lowest BCUT2D eigenvalue weighted by atomic mass is 10.2. The number of esters is 1. The number of nitrogens with zero attached hydrogens (tertiary/aromatic N) is 2. The van der Waals surface area contributed by atoms with Crippen molar-refractivity contribution in [2.75, 3.05) is 12.4 Å². The van der Waals surface area contributed by atoms with Gasteiger partial charge in [-0.2, -0.15) is 13.2 Å². The van der Waals surface area contributed by atoms with Crippen molar-refractivity contribution in [3.05, 3.63) is 53.0 Å². The molecular formula is C15H14F3N3O2. The zero-order valence-corrected chi connectivity index (χ0v) is 12.4. The molecule has 0 aromatic carbocycles. The number of halogens is 3. The minimum absolute atomic E-state index is 0.0758. The predicted octanol–water partition coefficient (Wildman–Crippen LogP) is 3.20. The molecule has 0 aliphatic rings. The van der Waals surface area contributed by atoms with Crippen molar-refractivity contribution >= 4 is 11.8 Å². The standard InChI is InChI=1S/C15H14F3N3O2/c1-9-4-3-5-10(20-9)8-19-13-11(14(22)23-2)6-7-12(21-13)15(16,17)18/h3-7H,8H2,1-2H3,(H,19,21). The first-order valence-corrected chi connectivity index (χ1v) is 6.64. The number of rotatable bonds is 4. The molecule has 0 unspecified atom stereocenters. The molecule has 0 aliphatic heterocycles. The second kappa shape index (κ2) is 6.64. The molecule has 0 radical (unpaired) electrons. The Balaban J connectivity index is 2.31. The number of alkyl halides is 3. The summed E-state index contributed by atoms with van der Waals surface area (Å²) < 4.78 is 42.9. The maximum atomic E-state index is 12.8. The lowest BCUT2D eigenvalue weighted by Crippen LogP contribution is -2.15. The van der Waals surface area contributed by atoms with E-state index in [-0.39, 0.29) is 17.9 Å². The molecular weight excluding hydrogens is 311 g/mol. The van der Waals surface area contributed by atoms with Crippen LogP contribution >= 0.6 is 0 Å². The van der Waals surface area contributed by atoms with Crippen LogP contribution in [0, 0.1) is 6.92 Å². The number of carbonyl (C=O) groups is 1. The maximum Gasteiger partial charge on any atom is 0.433 e. The smallest absolute Gasteiger partial charge is 0.433 e. The average molecular weight is 325 g/mol. The number of hydrogen-bond acceptors (Lipinski definition) is 5. The van der Waals surface area contributed by atoms with E-state index < -0.39 is 17.8 Å². The average Bonchev–Trinajstić information content (AvgIpc) is 2.51. The van der Waals surface area contributed by atoms with Gasteiger partial charge in [0.1, 0.15) is 17.1 Å². The quantitative estimate of drug-likeness (QED) is 0.875. The van der Waals surface area contributed by atoms with Gasteiger partial charge in [0.25, 0.3) is 0 Å². The Hall–Kier alpha value is -2.64. The SMILES string of the molecule is COC(=O)c1ccc(C(F)(F)F)nc1NCc1cccc(C)n1. The molecule has 0 atom stereocenters. The molecule has 0 aliphatic carbocycles. The van der Waals surface area contributed by atoms with Gasteiger partial charge in [-0.1, -0.05) is 6.07 Å². The third kappa shape index (κ3) is 4.18. The fourth-order valence-electron chi connectivity index (χ4n) is 1.90. The Kier molecular flexibility index (Phi) is 4.83. The van der Waals surface area contributed by atoms with Gasteiger partial charge >= 0.3 is 12.1 Å². The molecule has 2 aromatic rings. The molecule has 0 spiro atoms. The summed E-state index contributed by atoms with van der Waals surface area (Å²) in [5, 5.41) is 2.71. The van der Waals surface area contributed by atoms with E-state index in [2.05, 4.69) is 20.0 Å². The summed E-state index contributed by atoms with van der Waals surface area (Å²) in [6.07, 6.45) is -4.60. The van der Waals surface area contributed by atoms with Crippen LogP contribution in [0.3, 0.4) is 0 Å². The third-order valence-electron chi connectivity index (χ3n) is 2.97. The first kappa shape index (κ1) is 16.7. The summed E-state index contributed by atoms with van der Waals surface area (Å²) in [5.74, 6) is -0.971. The fraction of sp³-hybridized carbons (Fsp3) is 0.267. The second-order valence-corrected chi connectivity index (χ2v) is 4.71. The molecule has 2 rings (SSSR count). The van der Waals surface area contributed by atoms with Crippen LogP contribution in [0.2, 0.25) is 0 Å². The van der Waals surface area contributed by atoms with Gasteiger partial charge in [-0.15, -0.1) is 0 Å². The van der Waals surface area contributed by atoms with E-state index in [0.717, 1.165) is 24.9 Å². The number of anilines is 1. The Morgan fingerprint density at radius 2 is 1.96 bits per heavy atom. The Bertz CT molecular complexity index is 717. The molecule has 0 amide bonds. The van der Waals surface area contributed by atoms with Crippen LogP contribution in [0.1, 0.15) is 27.4 Å². The Labute approximate surface area is 130 Å². The topological polar surface area (TPSA) is 64.1 Å². The first-order chi connectivity index (χ1) is 10.8. The minimum atomic E-state index is -4.60. The van der Waals surface area contributed by atoms with E-state index in [9.17, 15) is 18.0 Å². The number of ether oxygens (including phenoxy) is 1. The molecule has 122 valence electrons. The highest BCUT2D eigenvalue weighted by molar-refractivity contribution is 5.94. The van der Waals surface area contributed by atoms with Crippen molar-refractivity contribution in [1.29, 1.82) is 0 Å². The number of pyridine rings is 2. The van der Waals surface area contributed by atoms with Gasteiger partial charge in [0, 0.05) is 5.69 Å². The van der Waals surface area contributed by atoms with Crippen LogP contribution in [0.5, 0.6) is 0 Å². The van der Waals surface area contributed by atoms with Crippen LogP contribution in [-0.4, -0.2) is 23.0 Å². The summed E-state index contributed by atoms with van der Waals surface area (Å²) in [4.78, 5) is 19.4. The first-order valence-electron chi connectivity index (χ1n) is 6.64. The van der Waals surface area contributed by atoms with Crippen LogP contribution in [0.25, 0.3) is 0 Å². The van der Waals surface area contributed by atoms with Crippen molar-refractivity contribution in [3.63, 3.8) is 0 Å². The van der Waals surface area contributed by atoms with E-state index >= 15 is 0 Å². The monoisotopic (exact) mass is 325 g/mol. The molecule has 2 aromatic heterocycles. The zero-order valence-electron chi connectivity index (χ0n) is 12.4. The van der Waals surface area contributed by atoms with Crippen LogP contribution in [0.15, 0.2) is 30.3 Å². The fourth-order valence-corrected chi connectivity index (χ4v) is 1.90. The maximum absolute atomic E-state index is 12.8. The summed E-state index contributed by atoms with van der Waals surface area (Å²) in [5.41, 5.74) is 0.215. The summed E-state index contributed by atoms with van der Waals surface area (Å²) in [6, 6.07) is 7.06. The summed E-state index contributed by atoms with van der Waals surface area (Å²) in [7, 11) is 1.14. The molecule has 1 N–H and O–H groups in total. The number of carbonyl (C=O) groups excluding carboxylic acids is 1. The highest BCUT2D eigenvalue weighted by Crippen LogP contribution is 2.29. The number of nitrogens with one attached hydrogen (secondary N) is 1. The largest absolute Gasteiger partial charge is 0.465 e. The van der Waals surface area contributed by atoms with Crippen molar-refractivity contribution in [2.45, 2.75) is 19.6 Å². The molecule has 2 heterocycles. The van der Waals surface area contributed by atoms with E-state index in [4.69, 9.17) is 0 Å². The molecule has 0 saturated heterocycles. The zero-order chi connectivity index (χ0) is 17.0. The predicted molar refractivity (Wildman–Crippen MR) is 76.9 cm³/mol. The van der Waals surface area contributed by atoms with Gasteiger partial charge in [0.05, 0.1) is 19.3 Å². The number of aryl methyl sites for hydroxylation is 1. The van der Waals surface area contributed by atoms with Gasteiger partial charge in [-0.3, -0.25) is 4.98 Å². The third-order valence-corrected chi connectivity index (χ3v) is 2.97. The number of aromatic nitrogens is 2. The van der Waals surface area contributed by atoms with Crippen molar-refractivity contribution in [3.8, 4) is 0 Å². The molecule has 8 heteroatoms. The summed E-state index contributed by atoms with van der Waals surface area (Å²) >= 11 is 0.